The maximum Gasteiger partial charge on any atom is 0.0566 e. The van der Waals surface area contributed by atoms with E-state index in [1.54, 1.807) is 0 Å². The first-order valence-electron chi connectivity index (χ1n) is 17.8. The fraction of sp³-hybridized carbons (Fsp3) is 0.0833. The molecule has 0 spiro atoms. The number of fused-ring (bicyclic) bond motifs is 11. The summed E-state index contributed by atoms with van der Waals surface area (Å²) in [4.78, 5) is 0. The van der Waals surface area contributed by atoms with E-state index in [-0.39, 0.29) is 6.04 Å². The summed E-state index contributed by atoms with van der Waals surface area (Å²) in [7, 11) is 0. The summed E-state index contributed by atoms with van der Waals surface area (Å²) >= 11 is 0. The van der Waals surface area contributed by atoms with Gasteiger partial charge in [0.2, 0.25) is 0 Å². The van der Waals surface area contributed by atoms with Crippen molar-refractivity contribution in [2.24, 2.45) is 0 Å². The van der Waals surface area contributed by atoms with Gasteiger partial charge in [-0.1, -0.05) is 134 Å². The molecule has 3 unspecified atom stereocenters. The van der Waals surface area contributed by atoms with Crippen LogP contribution < -0.4 is 0 Å². The molecule has 6 aromatic carbocycles. The van der Waals surface area contributed by atoms with Gasteiger partial charge in [0.25, 0.3) is 0 Å². The third-order valence-corrected chi connectivity index (χ3v) is 11.4. The third-order valence-electron chi connectivity index (χ3n) is 11.4. The molecule has 2 heteroatoms. The zero-order valence-electron chi connectivity index (χ0n) is 27.6. The van der Waals surface area contributed by atoms with Gasteiger partial charge in [-0.05, 0) is 87.3 Å². The van der Waals surface area contributed by atoms with Crippen molar-refractivity contribution >= 4 is 60.0 Å². The molecular formula is C48H34N2. The molecular weight excluding hydrogens is 605 g/mol. The second-order valence-corrected chi connectivity index (χ2v) is 14.0. The number of para-hydroxylation sites is 2. The summed E-state index contributed by atoms with van der Waals surface area (Å²) in [5.74, 6) is 0.639. The number of allylic oxidation sites excluding steroid dienone is 8. The zero-order valence-corrected chi connectivity index (χ0v) is 27.6. The van der Waals surface area contributed by atoms with E-state index in [1.165, 1.54) is 82.3 Å². The predicted octanol–water partition coefficient (Wildman–Crippen LogP) is 12.5. The Kier molecular flexibility index (Phi) is 5.94. The third kappa shape index (κ3) is 3.96. The topological polar surface area (TPSA) is 9.86 Å². The fourth-order valence-corrected chi connectivity index (χ4v) is 9.28. The first-order valence-corrected chi connectivity index (χ1v) is 17.8. The molecule has 2 aromatic heterocycles. The lowest BCUT2D eigenvalue weighted by Gasteiger charge is -2.31. The van der Waals surface area contributed by atoms with E-state index >= 15 is 0 Å². The smallest absolute Gasteiger partial charge is 0.0566 e. The van der Waals surface area contributed by atoms with Crippen molar-refractivity contribution in [3.05, 3.63) is 193 Å². The average molecular weight is 639 g/mol. The van der Waals surface area contributed by atoms with E-state index in [0.29, 0.717) is 11.8 Å². The number of hydrogen-bond donors (Lipinski definition) is 0. The van der Waals surface area contributed by atoms with E-state index in [0.717, 1.165) is 6.42 Å². The van der Waals surface area contributed by atoms with Crippen molar-refractivity contribution in [2.45, 2.75) is 24.3 Å². The van der Waals surface area contributed by atoms with Gasteiger partial charge < -0.3 is 9.13 Å². The van der Waals surface area contributed by atoms with Gasteiger partial charge in [-0.3, -0.25) is 0 Å². The van der Waals surface area contributed by atoms with Crippen molar-refractivity contribution in [2.75, 3.05) is 0 Å². The van der Waals surface area contributed by atoms with Crippen LogP contribution in [0.2, 0.25) is 0 Å². The van der Waals surface area contributed by atoms with E-state index < -0.39 is 0 Å². The molecule has 4 bridgehead atoms. The van der Waals surface area contributed by atoms with Crippen LogP contribution in [0, 0.1) is 0 Å². The first-order chi connectivity index (χ1) is 24.8. The molecule has 0 aliphatic heterocycles. The van der Waals surface area contributed by atoms with Crippen molar-refractivity contribution in [3.63, 3.8) is 0 Å². The molecule has 2 heterocycles. The van der Waals surface area contributed by atoms with Crippen molar-refractivity contribution < 1.29 is 0 Å². The number of benzene rings is 6. The van der Waals surface area contributed by atoms with E-state index in [4.69, 9.17) is 0 Å². The average Bonchev–Trinajstić information content (AvgIpc) is 3.53. The minimum absolute atomic E-state index is 0.177. The van der Waals surface area contributed by atoms with Crippen LogP contribution in [0.15, 0.2) is 176 Å². The summed E-state index contributed by atoms with van der Waals surface area (Å²) in [6.45, 7) is 0. The molecule has 236 valence electrons. The number of nitrogens with zero attached hydrogens (tertiary/aromatic N) is 2. The van der Waals surface area contributed by atoms with Crippen LogP contribution in [-0.4, -0.2) is 9.13 Å². The normalized spacial score (nSPS) is 19.2. The minimum Gasteiger partial charge on any atom is -0.333 e. The maximum atomic E-state index is 2.61. The van der Waals surface area contributed by atoms with Crippen molar-refractivity contribution in [1.29, 1.82) is 0 Å². The highest BCUT2D eigenvalue weighted by Gasteiger charge is 2.31. The Morgan fingerprint density at radius 2 is 1.26 bits per heavy atom. The van der Waals surface area contributed by atoms with Gasteiger partial charge in [-0.2, -0.15) is 0 Å². The molecule has 0 radical (unpaired) electrons. The van der Waals surface area contributed by atoms with Crippen molar-refractivity contribution in [3.8, 4) is 5.69 Å². The molecule has 2 nitrogen and oxygen atoms in total. The lowest BCUT2D eigenvalue weighted by molar-refractivity contribution is 0.656. The van der Waals surface area contributed by atoms with Crippen LogP contribution in [0.3, 0.4) is 0 Å². The van der Waals surface area contributed by atoms with Crippen LogP contribution in [0.4, 0.5) is 0 Å². The molecule has 11 rings (SSSR count). The molecule has 0 N–H and O–H groups in total. The van der Waals surface area contributed by atoms with Crippen LogP contribution in [0.1, 0.15) is 41.0 Å². The van der Waals surface area contributed by atoms with Crippen LogP contribution in [-0.2, 0) is 0 Å². The van der Waals surface area contributed by atoms with E-state index in [2.05, 4.69) is 185 Å². The van der Waals surface area contributed by atoms with Gasteiger partial charge in [0.15, 0.2) is 0 Å². The second kappa shape index (κ2) is 10.7. The van der Waals surface area contributed by atoms with Crippen LogP contribution >= 0.6 is 0 Å². The Hall–Kier alpha value is -6.12. The highest BCUT2D eigenvalue weighted by molar-refractivity contribution is 6.22. The standard InChI is InChI=1S/C48H34N2/c1-3-13-31(14-4-1)32-15-11-18-35(27-32)50-44-23-10-9-21-41(44)48-42-29-36(30-46(48)50)49(34-16-5-2-6-17-34)45-24-12-22-40-38-20-8-7-19-37(38)39-26-25-33(42)28-43(39)47(40)45/h1-26,28-30,35,37-38H,27H2. The Bertz CT molecular complexity index is 2840. The van der Waals surface area contributed by atoms with Gasteiger partial charge in [-0.15, -0.1) is 0 Å². The first kappa shape index (κ1) is 27.8. The minimum atomic E-state index is 0.177. The van der Waals surface area contributed by atoms with Gasteiger partial charge in [-0.25, -0.2) is 0 Å². The number of aromatic nitrogens is 2. The van der Waals surface area contributed by atoms with Crippen LogP contribution in [0.25, 0.3) is 65.6 Å². The SMILES string of the molecule is C1=CC2c3ccc4cc3c3c(cccc3n(-c3ccccc3)c3cc4c4c5ccccc5n(C5C=CC=C(c6ccccc6)C5)c4c3)C2C=C1. The van der Waals surface area contributed by atoms with Gasteiger partial charge in [0, 0.05) is 44.7 Å². The zero-order chi connectivity index (χ0) is 32.8. The van der Waals surface area contributed by atoms with Gasteiger partial charge in [0.1, 0.15) is 0 Å². The molecule has 3 aliphatic carbocycles. The van der Waals surface area contributed by atoms with Gasteiger partial charge >= 0.3 is 0 Å². The number of rotatable bonds is 3. The second-order valence-electron chi connectivity index (χ2n) is 14.0. The Morgan fingerprint density at radius 3 is 2.12 bits per heavy atom. The predicted molar refractivity (Wildman–Crippen MR) is 211 cm³/mol. The molecule has 8 aromatic rings. The molecule has 0 fully saturated rings. The fourth-order valence-electron chi connectivity index (χ4n) is 9.28. The van der Waals surface area contributed by atoms with Crippen molar-refractivity contribution in [1.82, 2.24) is 9.13 Å². The summed E-state index contributed by atoms with van der Waals surface area (Å²) < 4.78 is 5.12. The largest absolute Gasteiger partial charge is 0.333 e. The molecule has 0 saturated heterocycles. The summed E-state index contributed by atoms with van der Waals surface area (Å²) in [6, 6.07) is 50.2. The highest BCUT2D eigenvalue weighted by atomic mass is 15.0. The number of hydrogen-bond acceptors (Lipinski definition) is 0. The molecule has 0 saturated carbocycles. The lowest BCUT2D eigenvalue weighted by atomic mass is 9.72. The molecule has 3 aliphatic rings. The summed E-state index contributed by atoms with van der Waals surface area (Å²) in [5, 5.41) is 7.87. The Balaban J connectivity index is 1.32. The molecule has 0 amide bonds. The highest BCUT2D eigenvalue weighted by Crippen LogP contribution is 2.49. The van der Waals surface area contributed by atoms with E-state index in [9.17, 15) is 0 Å². The Morgan fingerprint density at radius 1 is 0.500 bits per heavy atom. The quantitative estimate of drug-likeness (QED) is 0.182. The molecule has 3 atom stereocenters. The summed E-state index contributed by atoms with van der Waals surface area (Å²) in [5.41, 5.74) is 11.6. The maximum absolute atomic E-state index is 2.61. The summed E-state index contributed by atoms with van der Waals surface area (Å²) in [6.07, 6.45) is 17.1. The van der Waals surface area contributed by atoms with E-state index in [1.807, 2.05) is 0 Å². The Labute approximate surface area is 290 Å². The van der Waals surface area contributed by atoms with Crippen LogP contribution in [0.5, 0.6) is 0 Å². The van der Waals surface area contributed by atoms with Gasteiger partial charge in [0.05, 0.1) is 17.1 Å². The molecule has 50 heavy (non-hydrogen) atoms. The lowest BCUT2D eigenvalue weighted by Crippen LogP contribution is -2.14. The monoisotopic (exact) mass is 638 g/mol.